The molecule has 0 atom stereocenters. The molecule has 2 rings (SSSR count). The monoisotopic (exact) mass is 160 g/mol. The molecular weight excluding hydrogens is 148 g/mol. The number of fused-ring (bicyclic) bond motifs is 1. The van der Waals surface area contributed by atoms with Gasteiger partial charge < -0.3 is 0 Å². The summed E-state index contributed by atoms with van der Waals surface area (Å²) < 4.78 is 1.99. The van der Waals surface area contributed by atoms with Gasteiger partial charge in [0, 0.05) is 11.9 Å². The van der Waals surface area contributed by atoms with E-state index < -0.39 is 0 Å². The lowest BCUT2D eigenvalue weighted by molar-refractivity contribution is 0.862. The summed E-state index contributed by atoms with van der Waals surface area (Å²) in [6, 6.07) is 6.36. The van der Waals surface area contributed by atoms with Gasteiger partial charge in [-0.05, 0) is 37.1 Å². The third-order valence-corrected chi connectivity index (χ3v) is 2.08. The van der Waals surface area contributed by atoms with Gasteiger partial charge in [-0.3, -0.25) is 0 Å². The topological polar surface area (TPSA) is 17.3 Å². The first kappa shape index (κ1) is 7.35. The largest absolute Gasteiger partial charge is 0.238 e. The summed E-state index contributed by atoms with van der Waals surface area (Å²) in [4.78, 5) is 0. The van der Waals surface area contributed by atoms with Gasteiger partial charge in [-0.25, -0.2) is 4.52 Å². The predicted molar refractivity (Wildman–Crippen MR) is 49.3 cm³/mol. The van der Waals surface area contributed by atoms with E-state index in [-0.39, 0.29) is 0 Å². The number of hydrogen-bond donors (Lipinski definition) is 0. The van der Waals surface area contributed by atoms with E-state index >= 15 is 0 Å². The van der Waals surface area contributed by atoms with Gasteiger partial charge in [0.1, 0.15) is 0 Å². The molecule has 0 N–H and O–H groups in total. The maximum absolute atomic E-state index is 4.25. The molecule has 0 bridgehead atoms. The third kappa shape index (κ3) is 0.998. The normalized spacial score (nSPS) is 10.8. The number of aryl methyl sites for hydroxylation is 2. The van der Waals surface area contributed by atoms with Crippen molar-refractivity contribution in [2.45, 2.75) is 20.3 Å². The minimum Gasteiger partial charge on any atom is -0.238 e. The fourth-order valence-corrected chi connectivity index (χ4v) is 1.51. The van der Waals surface area contributed by atoms with Crippen molar-refractivity contribution in [3.05, 3.63) is 35.7 Å². The van der Waals surface area contributed by atoms with Crippen LogP contribution in [0.1, 0.15) is 18.2 Å². The molecule has 12 heavy (non-hydrogen) atoms. The van der Waals surface area contributed by atoms with Gasteiger partial charge >= 0.3 is 0 Å². The van der Waals surface area contributed by atoms with E-state index in [0.717, 1.165) is 6.42 Å². The van der Waals surface area contributed by atoms with Gasteiger partial charge in [0.15, 0.2) is 0 Å². The van der Waals surface area contributed by atoms with Crippen LogP contribution in [-0.2, 0) is 6.42 Å². The molecule has 0 aliphatic carbocycles. The van der Waals surface area contributed by atoms with Crippen LogP contribution in [0.2, 0.25) is 0 Å². The summed E-state index contributed by atoms with van der Waals surface area (Å²) >= 11 is 0. The lowest BCUT2D eigenvalue weighted by Crippen LogP contribution is -1.96. The van der Waals surface area contributed by atoms with Gasteiger partial charge in [-0.2, -0.15) is 5.10 Å². The number of aromatic nitrogens is 2. The molecule has 0 radical (unpaired) electrons. The summed E-state index contributed by atoms with van der Waals surface area (Å²) in [5, 5.41) is 4.25. The van der Waals surface area contributed by atoms with Crippen LogP contribution in [-0.4, -0.2) is 9.61 Å². The Bertz CT molecular complexity index is 401. The van der Waals surface area contributed by atoms with E-state index in [9.17, 15) is 0 Å². The molecule has 2 heterocycles. The molecule has 2 aromatic rings. The number of nitrogens with zero attached hydrogens (tertiary/aromatic N) is 2. The summed E-state index contributed by atoms with van der Waals surface area (Å²) in [5.41, 5.74) is 3.77. The smallest absolute Gasteiger partial charge is 0.0667 e. The van der Waals surface area contributed by atoms with Crippen molar-refractivity contribution < 1.29 is 0 Å². The van der Waals surface area contributed by atoms with Crippen molar-refractivity contribution in [3.63, 3.8) is 0 Å². The van der Waals surface area contributed by atoms with Crippen LogP contribution in [0.3, 0.4) is 0 Å². The average Bonchev–Trinajstić information content (AvgIpc) is 2.50. The summed E-state index contributed by atoms with van der Waals surface area (Å²) in [5.74, 6) is 0. The third-order valence-electron chi connectivity index (χ3n) is 2.08. The van der Waals surface area contributed by atoms with E-state index in [4.69, 9.17) is 0 Å². The van der Waals surface area contributed by atoms with Crippen molar-refractivity contribution in [2.75, 3.05) is 0 Å². The molecule has 0 aliphatic rings. The van der Waals surface area contributed by atoms with Crippen LogP contribution in [0.15, 0.2) is 24.4 Å². The van der Waals surface area contributed by atoms with Crippen molar-refractivity contribution in [3.8, 4) is 0 Å². The zero-order chi connectivity index (χ0) is 8.55. The molecule has 2 heteroatoms. The van der Waals surface area contributed by atoms with E-state index in [1.807, 2.05) is 16.8 Å². The quantitative estimate of drug-likeness (QED) is 0.625. The summed E-state index contributed by atoms with van der Waals surface area (Å²) in [7, 11) is 0. The zero-order valence-electron chi connectivity index (χ0n) is 7.41. The highest BCUT2D eigenvalue weighted by Crippen LogP contribution is 2.10. The Balaban J connectivity index is 2.80. The van der Waals surface area contributed by atoms with Crippen LogP contribution >= 0.6 is 0 Å². The second-order valence-corrected chi connectivity index (χ2v) is 3.05. The second kappa shape index (κ2) is 2.63. The van der Waals surface area contributed by atoms with Crippen molar-refractivity contribution >= 4 is 5.52 Å². The van der Waals surface area contributed by atoms with Gasteiger partial charge in [0.2, 0.25) is 0 Å². The lowest BCUT2D eigenvalue weighted by Gasteiger charge is -2.02. The Morgan fingerprint density at radius 1 is 1.42 bits per heavy atom. The average molecular weight is 160 g/mol. The summed E-state index contributed by atoms with van der Waals surface area (Å²) in [6.07, 6.45) is 2.87. The van der Waals surface area contributed by atoms with Crippen LogP contribution in [0, 0.1) is 6.92 Å². The number of rotatable bonds is 1. The lowest BCUT2D eigenvalue weighted by atomic mass is 10.2. The molecular formula is C10H12N2. The fraction of sp³-hybridized carbons (Fsp3) is 0.300. The first-order valence-electron chi connectivity index (χ1n) is 4.24. The van der Waals surface area contributed by atoms with Crippen LogP contribution < -0.4 is 0 Å². The van der Waals surface area contributed by atoms with Crippen molar-refractivity contribution in [2.24, 2.45) is 0 Å². The Kier molecular flexibility index (Phi) is 1.61. The van der Waals surface area contributed by atoms with Crippen molar-refractivity contribution in [1.82, 2.24) is 9.61 Å². The molecule has 0 fully saturated rings. The van der Waals surface area contributed by atoms with E-state index in [1.54, 1.807) is 0 Å². The molecule has 0 saturated carbocycles. The molecule has 0 saturated heterocycles. The molecule has 2 nitrogen and oxygen atoms in total. The van der Waals surface area contributed by atoms with Gasteiger partial charge in [0.05, 0.1) is 5.52 Å². The minimum atomic E-state index is 1.03. The Morgan fingerprint density at radius 2 is 2.25 bits per heavy atom. The SMILES string of the molecule is CCc1cc(C)cc2ccnn12. The van der Waals surface area contributed by atoms with E-state index in [1.165, 1.54) is 16.8 Å². The molecule has 0 aromatic carbocycles. The van der Waals surface area contributed by atoms with E-state index in [2.05, 4.69) is 31.1 Å². The van der Waals surface area contributed by atoms with Gasteiger partial charge in [0.25, 0.3) is 0 Å². The summed E-state index contributed by atoms with van der Waals surface area (Å²) in [6.45, 7) is 4.27. The highest BCUT2D eigenvalue weighted by atomic mass is 15.2. The number of hydrogen-bond acceptors (Lipinski definition) is 1. The molecule has 0 aliphatic heterocycles. The zero-order valence-corrected chi connectivity index (χ0v) is 7.41. The minimum absolute atomic E-state index is 1.03. The molecule has 2 aromatic heterocycles. The standard InChI is InChI=1S/C10H12N2/c1-3-9-6-8(2)7-10-4-5-11-12(9)10/h4-7H,3H2,1-2H3. The molecule has 62 valence electrons. The highest BCUT2D eigenvalue weighted by Gasteiger charge is 1.99. The number of pyridine rings is 1. The maximum atomic E-state index is 4.25. The second-order valence-electron chi connectivity index (χ2n) is 3.05. The Labute approximate surface area is 71.8 Å². The van der Waals surface area contributed by atoms with E-state index in [0.29, 0.717) is 0 Å². The predicted octanol–water partition coefficient (Wildman–Crippen LogP) is 2.21. The van der Waals surface area contributed by atoms with Gasteiger partial charge in [-0.1, -0.05) is 6.92 Å². The Morgan fingerprint density at radius 3 is 3.00 bits per heavy atom. The first-order chi connectivity index (χ1) is 5.81. The molecule has 0 unspecified atom stereocenters. The van der Waals surface area contributed by atoms with Crippen LogP contribution in [0.4, 0.5) is 0 Å². The van der Waals surface area contributed by atoms with Gasteiger partial charge in [-0.15, -0.1) is 0 Å². The van der Waals surface area contributed by atoms with Crippen LogP contribution in [0.25, 0.3) is 5.52 Å². The fourth-order valence-electron chi connectivity index (χ4n) is 1.51. The Hall–Kier alpha value is -1.31. The first-order valence-corrected chi connectivity index (χ1v) is 4.24. The molecule has 0 amide bonds. The van der Waals surface area contributed by atoms with Crippen LogP contribution in [0.5, 0.6) is 0 Å². The van der Waals surface area contributed by atoms with Crippen molar-refractivity contribution in [1.29, 1.82) is 0 Å². The maximum Gasteiger partial charge on any atom is 0.0667 e. The highest BCUT2D eigenvalue weighted by molar-refractivity contribution is 5.48. The molecule has 0 spiro atoms.